The number of rotatable bonds is 5. The van der Waals surface area contributed by atoms with Crippen LogP contribution in [0.1, 0.15) is 46.6 Å². The van der Waals surface area contributed by atoms with Crippen molar-refractivity contribution in [2.45, 2.75) is 0 Å². The van der Waals surface area contributed by atoms with E-state index in [2.05, 4.69) is 0 Å². The van der Waals surface area contributed by atoms with Crippen LogP contribution in [0, 0.1) is 0 Å². The van der Waals surface area contributed by atoms with Crippen LogP contribution in [0.5, 0.6) is 0 Å². The quantitative estimate of drug-likeness (QED) is 0.165. The van der Waals surface area contributed by atoms with Crippen molar-refractivity contribution in [1.82, 2.24) is 9.13 Å². The van der Waals surface area contributed by atoms with Gasteiger partial charge in [-0.3, -0.25) is 0 Å². The maximum Gasteiger partial charge on any atom is 0.0652 e. The van der Waals surface area contributed by atoms with Crippen LogP contribution in [-0.2, 0) is 0 Å². The van der Waals surface area contributed by atoms with Gasteiger partial charge in [-0.2, -0.15) is 0 Å². The molecule has 0 atom stereocenters. The number of hydrogen-bond donors (Lipinski definition) is 0. The molecule has 266 valence electrons. The van der Waals surface area contributed by atoms with E-state index in [1.807, 2.05) is 0 Å². The molecule has 0 saturated heterocycles. The van der Waals surface area contributed by atoms with E-state index in [0.717, 1.165) is 4.57 Å². The van der Waals surface area contributed by atoms with E-state index in [1.54, 1.807) is 0 Å². The van der Waals surface area contributed by atoms with Gasteiger partial charge in [0.25, 0.3) is 0 Å². The number of thiophene rings is 1. The lowest BCUT2D eigenvalue weighted by atomic mass is 10.0. The van der Waals surface area contributed by atoms with Crippen LogP contribution in [0.15, 0.2) is 205 Å². The average Bonchev–Trinajstić information content (AvgIpc) is 1.55. The predicted octanol–water partition coefficient (Wildman–Crippen LogP) is 15.2. The number of para-hydroxylation sites is 2. The number of benzene rings is 9. The topological polar surface area (TPSA) is 9.86 Å². The highest BCUT2D eigenvalue weighted by molar-refractivity contribution is 7.26. The fourth-order valence-electron chi connectivity index (χ4n) is 6.75. The normalized spacial score (nSPS) is 20.2. The summed E-state index contributed by atoms with van der Waals surface area (Å²) in [5.74, 6) is 0. The van der Waals surface area contributed by atoms with Crippen LogP contribution in [0.25, 0.3) is 109 Å². The molecule has 0 saturated carbocycles. The van der Waals surface area contributed by atoms with Crippen molar-refractivity contribution < 1.29 is 46.6 Å². The fourth-order valence-corrected chi connectivity index (χ4v) is 7.82. The van der Waals surface area contributed by atoms with Crippen LogP contribution < -0.4 is 0 Å². The van der Waals surface area contributed by atoms with E-state index < -0.39 is 299 Å². The molecule has 0 radical (unpaired) electrons. The molecule has 12 rings (SSSR count). The second-order valence-corrected chi connectivity index (χ2v) is 13.3. The van der Waals surface area contributed by atoms with E-state index >= 15 is 0 Å². The molecule has 0 aliphatic heterocycles. The van der Waals surface area contributed by atoms with Gasteiger partial charge in [0, 0.05) is 58.7 Å². The van der Waals surface area contributed by atoms with Crippen molar-refractivity contribution in [2.75, 3.05) is 0 Å². The largest absolute Gasteiger partial charge is 0.309 e. The van der Waals surface area contributed by atoms with E-state index in [9.17, 15) is 21.9 Å². The summed E-state index contributed by atoms with van der Waals surface area (Å²) in [6, 6.07) is -32.2. The Hall–Kier alpha value is -7.20. The summed E-state index contributed by atoms with van der Waals surface area (Å²) in [4.78, 5) is 0. The monoisotopic (exact) mass is 776 g/mol. The molecule has 3 aromatic heterocycles. The van der Waals surface area contributed by atoms with Gasteiger partial charge < -0.3 is 9.13 Å². The summed E-state index contributed by atoms with van der Waals surface area (Å²) in [7, 11) is 0. The molecule has 0 N–H and O–H groups in total. The SMILES string of the molecule is [2H]c1c([2H])c([2H])c(-c2c([2H])c([2H])c(-n3c4c([2H])c([2H])c([2H])c([2H])c4c4c([2H])c(-c5c([2H])c([2H])c6c(c5[2H])c5c([2H])c([2H])c([2H])c([2H])c5n6-c5c([2H])c(-c6c([2H])c([2H])c([2H])c([2H])c6[2H])c6sc7c([2H])c([2H])c([2H])c([2H])c7c6c5[2H])c([2H])c([2H])c43)c([2H])c2[2H])c([2H])c1[2H]. The molecule has 3 heterocycles. The molecule has 3 heteroatoms. The number of nitrogens with zero attached hydrogens (tertiary/aromatic N) is 2. The van der Waals surface area contributed by atoms with Gasteiger partial charge in [0.2, 0.25) is 0 Å². The van der Waals surface area contributed by atoms with Gasteiger partial charge >= 0.3 is 0 Å². The van der Waals surface area contributed by atoms with Gasteiger partial charge in [-0.15, -0.1) is 11.3 Å². The summed E-state index contributed by atoms with van der Waals surface area (Å²) in [5.41, 5.74) is -9.30. The Balaban J connectivity index is 1.26. The Bertz CT molecular complexity index is 5440. The van der Waals surface area contributed by atoms with Crippen molar-refractivity contribution in [3.8, 4) is 44.8 Å². The molecule has 0 aliphatic rings. The molecular formula is C54H34N2S. The lowest BCUT2D eigenvalue weighted by molar-refractivity contribution is 1.18. The molecule has 0 amide bonds. The zero-order valence-corrected chi connectivity index (χ0v) is 29.1. The fraction of sp³-hybridized carbons (Fsp3) is 0. The predicted molar refractivity (Wildman–Crippen MR) is 244 cm³/mol. The molecule has 2 nitrogen and oxygen atoms in total. The van der Waals surface area contributed by atoms with Crippen LogP contribution in [0.2, 0.25) is 0 Å². The molecule has 57 heavy (non-hydrogen) atoms. The van der Waals surface area contributed by atoms with Crippen LogP contribution in [-0.4, -0.2) is 9.13 Å². The minimum absolute atomic E-state index is 0.231. The maximum atomic E-state index is 10.1. The van der Waals surface area contributed by atoms with Crippen molar-refractivity contribution in [1.29, 1.82) is 0 Å². The number of fused-ring (bicyclic) bond motifs is 9. The number of hydrogen-bond acceptors (Lipinski definition) is 1. The molecule has 9 aromatic carbocycles. The Morgan fingerprint density at radius 1 is 0.316 bits per heavy atom. The first kappa shape index (κ1) is 13.2. The molecular weight excluding hydrogens is 709 g/mol. The van der Waals surface area contributed by atoms with Crippen LogP contribution in [0.3, 0.4) is 0 Å². The molecule has 0 bridgehead atoms. The second-order valence-electron chi connectivity index (χ2n) is 12.3. The third-order valence-corrected chi connectivity index (χ3v) is 10.3. The minimum atomic E-state index is -1.13. The van der Waals surface area contributed by atoms with Crippen molar-refractivity contribution in [3.05, 3.63) is 205 Å². The van der Waals surface area contributed by atoms with E-state index in [4.69, 9.17) is 24.7 Å². The second kappa shape index (κ2) is 12.7. The number of aromatic nitrogens is 2. The first-order valence-electron chi connectivity index (χ1n) is 33.7. The summed E-state index contributed by atoms with van der Waals surface area (Å²) >= 11 is 0.578. The first-order valence-corrected chi connectivity index (χ1v) is 17.6. The third kappa shape index (κ3) is 5.03. The molecule has 0 unspecified atom stereocenters. The Morgan fingerprint density at radius 3 is 1.42 bits per heavy atom. The average molecular weight is 777 g/mol. The van der Waals surface area contributed by atoms with Crippen LogP contribution in [0.4, 0.5) is 0 Å². The summed E-state index contributed by atoms with van der Waals surface area (Å²) < 4.78 is 310. The zero-order valence-electron chi connectivity index (χ0n) is 62.3. The summed E-state index contributed by atoms with van der Waals surface area (Å²) in [6.45, 7) is 0. The Labute approximate surface area is 381 Å². The van der Waals surface area contributed by atoms with Crippen molar-refractivity contribution in [3.63, 3.8) is 0 Å². The highest BCUT2D eigenvalue weighted by Gasteiger charge is 2.19. The van der Waals surface area contributed by atoms with E-state index in [0.29, 0.717) is 15.9 Å². The summed E-state index contributed by atoms with van der Waals surface area (Å²) in [5, 5.41) is -3.55. The van der Waals surface area contributed by atoms with Crippen molar-refractivity contribution >= 4 is 75.1 Å². The smallest absolute Gasteiger partial charge is 0.0652 e. The van der Waals surface area contributed by atoms with Crippen LogP contribution >= 0.6 is 11.3 Å². The Morgan fingerprint density at radius 2 is 0.789 bits per heavy atom. The lowest BCUT2D eigenvalue weighted by Gasteiger charge is -2.13. The Kier molecular flexibility index (Phi) is 2.93. The van der Waals surface area contributed by atoms with Crippen molar-refractivity contribution in [2.24, 2.45) is 0 Å². The highest BCUT2D eigenvalue weighted by atomic mass is 32.1. The molecule has 0 fully saturated rings. The molecule has 0 spiro atoms. The first-order chi connectivity index (χ1) is 42.4. The van der Waals surface area contributed by atoms with Gasteiger partial charge in [0.1, 0.15) is 0 Å². The van der Waals surface area contributed by atoms with Gasteiger partial charge in [-0.1, -0.05) is 139 Å². The molecule has 12 aromatic rings. The van der Waals surface area contributed by atoms with E-state index in [1.165, 1.54) is 0 Å². The highest BCUT2D eigenvalue weighted by Crippen LogP contribution is 2.44. The van der Waals surface area contributed by atoms with E-state index in [-0.39, 0.29) is 14.8 Å². The van der Waals surface area contributed by atoms with Gasteiger partial charge in [-0.25, -0.2) is 0 Å². The molecule has 0 aliphatic carbocycles. The summed E-state index contributed by atoms with van der Waals surface area (Å²) in [6.07, 6.45) is 0. The maximum absolute atomic E-state index is 10.1. The standard InChI is InChI=1S/C54H34N2S/c1-3-13-35(14-4-1)36-23-27-40(28-24-36)55-49-20-10-7-17-42(49)46-31-38(25-29-51(46)55)39-26-30-52-47(32-39)43-18-8-11-21-50(43)56(52)41-33-45(37-15-5-2-6-16-37)54-48(34-41)44-19-9-12-22-53(44)57-54/h1-34H/i1D,2D,3D,4D,5D,6D,7D,8D,9D,10D,11D,12D,13D,14D,15D,16D,17D,18D,19D,20D,21D,22D,23D,24D,25D,26D,27D,28D,29D,30D,31D,32D,33D,34D. The third-order valence-electron chi connectivity index (χ3n) is 9.17. The minimum Gasteiger partial charge on any atom is -0.309 e. The van der Waals surface area contributed by atoms with Gasteiger partial charge in [-0.05, 0) is 94.3 Å². The lowest BCUT2D eigenvalue weighted by Crippen LogP contribution is -1.95. The zero-order chi connectivity index (χ0) is 67.0. The van der Waals surface area contributed by atoms with Gasteiger partial charge in [0.05, 0.1) is 68.7 Å². The van der Waals surface area contributed by atoms with Gasteiger partial charge in [0.15, 0.2) is 0 Å².